The molecule has 0 unspecified atom stereocenters. The monoisotopic (exact) mass is 336 g/mol. The van der Waals surface area contributed by atoms with Gasteiger partial charge in [-0.05, 0) is 44.9 Å². The number of piperidine rings is 1. The summed E-state index contributed by atoms with van der Waals surface area (Å²) in [5.74, 6) is 0.170. The molecule has 0 bridgehead atoms. The summed E-state index contributed by atoms with van der Waals surface area (Å²) < 4.78 is 12.1. The number of hydrogen-bond acceptors (Lipinski definition) is 4. The van der Waals surface area contributed by atoms with E-state index in [1.54, 1.807) is 0 Å². The van der Waals surface area contributed by atoms with Gasteiger partial charge in [0, 0.05) is 44.2 Å². The second-order valence-corrected chi connectivity index (χ2v) is 8.25. The van der Waals surface area contributed by atoms with Gasteiger partial charge in [-0.3, -0.25) is 9.69 Å². The van der Waals surface area contributed by atoms with Crippen LogP contribution in [0.25, 0.3) is 0 Å². The summed E-state index contributed by atoms with van der Waals surface area (Å²) in [5, 5.41) is 0. The second-order valence-electron chi connectivity index (χ2n) is 8.25. The predicted octanol–water partition coefficient (Wildman–Crippen LogP) is 2.05. The van der Waals surface area contributed by atoms with Crippen LogP contribution in [0.3, 0.4) is 0 Å². The van der Waals surface area contributed by atoms with E-state index in [1.807, 2.05) is 4.90 Å². The Balaban J connectivity index is 1.34. The molecule has 0 spiro atoms. The number of nitrogens with zero attached hydrogens (tertiary/aromatic N) is 2. The third-order valence-corrected chi connectivity index (χ3v) is 6.68. The van der Waals surface area contributed by atoms with Crippen molar-refractivity contribution in [2.45, 2.75) is 63.5 Å². The van der Waals surface area contributed by atoms with E-state index in [4.69, 9.17) is 9.47 Å². The summed E-state index contributed by atoms with van der Waals surface area (Å²) in [4.78, 5) is 16.9. The maximum Gasteiger partial charge on any atom is 0.248 e. The molecule has 1 saturated carbocycles. The van der Waals surface area contributed by atoms with Crippen LogP contribution in [-0.4, -0.2) is 73.9 Å². The molecule has 1 aliphatic carbocycles. The standard InChI is InChI=1S/C19H32N2O3/c22-18(20-9-1-2-10-20)13-23-15-19-8-4-12-24-17(19)7-11-21(14-19)16-5-3-6-16/h16-17H,1-15H2/t17-,19+/m0/s1. The van der Waals surface area contributed by atoms with Gasteiger partial charge in [0.2, 0.25) is 5.91 Å². The van der Waals surface area contributed by atoms with E-state index in [0.29, 0.717) is 12.7 Å². The van der Waals surface area contributed by atoms with Crippen molar-refractivity contribution >= 4 is 5.91 Å². The van der Waals surface area contributed by atoms with Gasteiger partial charge < -0.3 is 14.4 Å². The second kappa shape index (κ2) is 7.30. The van der Waals surface area contributed by atoms with Gasteiger partial charge >= 0.3 is 0 Å². The lowest BCUT2D eigenvalue weighted by molar-refractivity contribution is -0.165. The van der Waals surface area contributed by atoms with Gasteiger partial charge in [0.1, 0.15) is 6.61 Å². The Bertz CT molecular complexity index is 448. The van der Waals surface area contributed by atoms with Gasteiger partial charge in [0.15, 0.2) is 0 Å². The van der Waals surface area contributed by atoms with Crippen molar-refractivity contribution in [3.05, 3.63) is 0 Å². The molecule has 0 radical (unpaired) electrons. The molecular formula is C19H32N2O3. The predicted molar refractivity (Wildman–Crippen MR) is 91.9 cm³/mol. The number of ether oxygens (including phenoxy) is 2. The van der Waals surface area contributed by atoms with E-state index in [2.05, 4.69) is 4.90 Å². The van der Waals surface area contributed by atoms with E-state index in [0.717, 1.165) is 58.0 Å². The molecule has 3 aliphatic heterocycles. The minimum Gasteiger partial charge on any atom is -0.377 e. The van der Waals surface area contributed by atoms with Gasteiger partial charge in [0.25, 0.3) is 0 Å². The lowest BCUT2D eigenvalue weighted by Crippen LogP contribution is -2.59. The average Bonchev–Trinajstić information content (AvgIpc) is 3.07. The fraction of sp³-hybridized carbons (Fsp3) is 0.947. The van der Waals surface area contributed by atoms with Crippen molar-refractivity contribution < 1.29 is 14.3 Å². The van der Waals surface area contributed by atoms with Crippen LogP contribution in [0.2, 0.25) is 0 Å². The summed E-state index contributed by atoms with van der Waals surface area (Å²) in [5.41, 5.74) is 0.109. The summed E-state index contributed by atoms with van der Waals surface area (Å²) >= 11 is 0. The summed E-state index contributed by atoms with van der Waals surface area (Å²) in [6.45, 7) is 5.91. The SMILES string of the molecule is O=C(COC[C@]12CCCO[C@H]1CCN(C1CCC1)C2)N1CCCC1. The first-order valence-corrected chi connectivity index (χ1v) is 9.98. The molecule has 5 nitrogen and oxygen atoms in total. The first-order valence-electron chi connectivity index (χ1n) is 9.98. The van der Waals surface area contributed by atoms with Crippen LogP contribution in [0, 0.1) is 5.41 Å². The lowest BCUT2D eigenvalue weighted by Gasteiger charge is -2.53. The highest BCUT2D eigenvalue weighted by Crippen LogP contribution is 2.42. The smallest absolute Gasteiger partial charge is 0.248 e. The topological polar surface area (TPSA) is 42.0 Å². The highest BCUT2D eigenvalue weighted by molar-refractivity contribution is 5.77. The fourth-order valence-corrected chi connectivity index (χ4v) is 5.00. The number of likely N-dealkylation sites (tertiary alicyclic amines) is 2. The Morgan fingerprint density at radius 1 is 1.08 bits per heavy atom. The lowest BCUT2D eigenvalue weighted by atomic mass is 9.72. The first-order chi connectivity index (χ1) is 11.8. The normalized spacial score (nSPS) is 34.8. The Kier molecular flexibility index (Phi) is 5.11. The van der Waals surface area contributed by atoms with Crippen molar-refractivity contribution in [1.82, 2.24) is 9.80 Å². The molecule has 5 heteroatoms. The summed E-state index contributed by atoms with van der Waals surface area (Å²) in [6, 6.07) is 0.788. The van der Waals surface area contributed by atoms with E-state index in [-0.39, 0.29) is 17.9 Å². The Hall–Kier alpha value is -0.650. The molecular weight excluding hydrogens is 304 g/mol. The fourth-order valence-electron chi connectivity index (χ4n) is 5.00. The average molecular weight is 336 g/mol. The molecule has 4 fully saturated rings. The molecule has 3 heterocycles. The molecule has 0 aromatic rings. The third kappa shape index (κ3) is 3.35. The highest BCUT2D eigenvalue weighted by Gasteiger charge is 2.47. The number of carbonyl (C=O) groups is 1. The minimum atomic E-state index is 0.109. The van der Waals surface area contributed by atoms with Gasteiger partial charge in [-0.2, -0.15) is 0 Å². The van der Waals surface area contributed by atoms with Crippen LogP contribution in [-0.2, 0) is 14.3 Å². The maximum absolute atomic E-state index is 12.2. The van der Waals surface area contributed by atoms with Crippen LogP contribution >= 0.6 is 0 Å². The number of carbonyl (C=O) groups excluding carboxylic acids is 1. The van der Waals surface area contributed by atoms with Crippen molar-refractivity contribution in [2.75, 3.05) is 46.0 Å². The number of rotatable bonds is 5. The largest absolute Gasteiger partial charge is 0.377 e. The summed E-state index contributed by atoms with van der Waals surface area (Å²) in [7, 11) is 0. The van der Waals surface area contributed by atoms with E-state index in [9.17, 15) is 4.79 Å². The maximum atomic E-state index is 12.2. The molecule has 0 aromatic carbocycles. The van der Waals surface area contributed by atoms with Gasteiger partial charge in [-0.25, -0.2) is 0 Å². The van der Waals surface area contributed by atoms with Crippen LogP contribution in [0.4, 0.5) is 0 Å². The molecule has 0 aromatic heterocycles. The Labute approximate surface area is 145 Å². The Morgan fingerprint density at radius 2 is 1.92 bits per heavy atom. The molecule has 136 valence electrons. The van der Waals surface area contributed by atoms with Crippen molar-refractivity contribution in [1.29, 1.82) is 0 Å². The molecule has 2 atom stereocenters. The molecule has 4 rings (SSSR count). The quantitative estimate of drug-likeness (QED) is 0.771. The molecule has 4 aliphatic rings. The Morgan fingerprint density at radius 3 is 2.67 bits per heavy atom. The molecule has 3 saturated heterocycles. The van der Waals surface area contributed by atoms with E-state index in [1.165, 1.54) is 32.2 Å². The van der Waals surface area contributed by atoms with Crippen molar-refractivity contribution in [3.8, 4) is 0 Å². The number of hydrogen-bond donors (Lipinski definition) is 0. The molecule has 24 heavy (non-hydrogen) atoms. The van der Waals surface area contributed by atoms with E-state index >= 15 is 0 Å². The summed E-state index contributed by atoms with van der Waals surface area (Å²) in [6.07, 6.45) is 10.1. The zero-order valence-corrected chi connectivity index (χ0v) is 14.9. The minimum absolute atomic E-state index is 0.109. The van der Waals surface area contributed by atoms with Gasteiger partial charge in [-0.15, -0.1) is 0 Å². The zero-order chi connectivity index (χ0) is 16.4. The van der Waals surface area contributed by atoms with Crippen LogP contribution < -0.4 is 0 Å². The van der Waals surface area contributed by atoms with Gasteiger partial charge in [-0.1, -0.05) is 6.42 Å². The van der Waals surface area contributed by atoms with Crippen LogP contribution in [0.1, 0.15) is 51.4 Å². The van der Waals surface area contributed by atoms with E-state index < -0.39 is 0 Å². The van der Waals surface area contributed by atoms with Crippen LogP contribution in [0.5, 0.6) is 0 Å². The van der Waals surface area contributed by atoms with Crippen LogP contribution in [0.15, 0.2) is 0 Å². The first kappa shape index (κ1) is 16.8. The third-order valence-electron chi connectivity index (χ3n) is 6.68. The van der Waals surface area contributed by atoms with Crippen molar-refractivity contribution in [2.24, 2.45) is 5.41 Å². The number of amides is 1. The highest BCUT2D eigenvalue weighted by atomic mass is 16.5. The molecule has 1 amide bonds. The zero-order valence-electron chi connectivity index (χ0n) is 14.9. The molecule has 0 N–H and O–H groups in total. The van der Waals surface area contributed by atoms with Crippen molar-refractivity contribution in [3.63, 3.8) is 0 Å². The van der Waals surface area contributed by atoms with Gasteiger partial charge in [0.05, 0.1) is 12.7 Å². The number of fused-ring (bicyclic) bond motifs is 1.